The van der Waals surface area contributed by atoms with Crippen LogP contribution in [-0.4, -0.2) is 26.1 Å². The number of benzene rings is 1. The maximum Gasteiger partial charge on any atom is 0.573 e. The minimum atomic E-state index is -4.66. The molecule has 1 atom stereocenters. The molecule has 114 valence electrons. The van der Waals surface area contributed by atoms with Crippen LogP contribution in [0.3, 0.4) is 0 Å². The van der Waals surface area contributed by atoms with E-state index < -0.39 is 6.36 Å². The lowest BCUT2D eigenvalue weighted by Crippen LogP contribution is -2.32. The molecule has 1 N–H and O–H groups in total. The van der Waals surface area contributed by atoms with E-state index in [2.05, 4.69) is 17.0 Å². The van der Waals surface area contributed by atoms with Gasteiger partial charge in [-0.1, -0.05) is 25.5 Å². The summed E-state index contributed by atoms with van der Waals surface area (Å²) in [4.78, 5) is 0. The van der Waals surface area contributed by atoms with Crippen molar-refractivity contribution in [1.29, 1.82) is 0 Å². The van der Waals surface area contributed by atoms with Crippen LogP contribution in [0.25, 0.3) is 0 Å². The van der Waals surface area contributed by atoms with Gasteiger partial charge >= 0.3 is 6.36 Å². The van der Waals surface area contributed by atoms with E-state index in [1.807, 2.05) is 0 Å². The monoisotopic (exact) mass is 291 g/mol. The molecule has 1 rings (SSSR count). The lowest BCUT2D eigenvalue weighted by atomic mass is 10.1. The second-order valence-electron chi connectivity index (χ2n) is 4.52. The number of nitrogens with one attached hydrogen (secondary N) is 1. The Kier molecular flexibility index (Phi) is 6.81. The van der Waals surface area contributed by atoms with Gasteiger partial charge in [0, 0.05) is 19.7 Å². The zero-order chi connectivity index (χ0) is 15.0. The van der Waals surface area contributed by atoms with Crippen LogP contribution in [0.2, 0.25) is 0 Å². The molecule has 0 amide bonds. The third-order valence-corrected chi connectivity index (χ3v) is 2.73. The van der Waals surface area contributed by atoms with Crippen LogP contribution in [0.1, 0.15) is 25.3 Å². The third-order valence-electron chi connectivity index (χ3n) is 2.73. The predicted octanol–water partition coefficient (Wildman–Crippen LogP) is 3.49. The Morgan fingerprint density at radius 3 is 2.65 bits per heavy atom. The van der Waals surface area contributed by atoms with Crippen LogP contribution in [-0.2, 0) is 11.3 Å². The zero-order valence-corrected chi connectivity index (χ0v) is 11.7. The molecule has 3 nitrogen and oxygen atoms in total. The van der Waals surface area contributed by atoms with Gasteiger partial charge in [-0.2, -0.15) is 0 Å². The fourth-order valence-corrected chi connectivity index (χ4v) is 1.91. The molecule has 0 saturated heterocycles. The maximum atomic E-state index is 12.1. The molecule has 0 heterocycles. The van der Waals surface area contributed by atoms with Crippen LogP contribution >= 0.6 is 0 Å². The number of rotatable bonds is 8. The van der Waals surface area contributed by atoms with Crippen LogP contribution in [0.4, 0.5) is 13.2 Å². The van der Waals surface area contributed by atoms with Gasteiger partial charge in [0.05, 0.1) is 6.61 Å². The van der Waals surface area contributed by atoms with Crippen LogP contribution in [0.15, 0.2) is 24.3 Å². The number of alkyl halides is 3. The first-order valence-electron chi connectivity index (χ1n) is 6.51. The van der Waals surface area contributed by atoms with Crippen molar-refractivity contribution in [3.8, 4) is 5.75 Å². The SMILES string of the molecule is CCCC(COC)NCc1cccc(OC(F)(F)F)c1. The Bertz CT molecular complexity index is 390. The molecule has 1 unspecified atom stereocenters. The van der Waals surface area contributed by atoms with Crippen molar-refractivity contribution in [1.82, 2.24) is 5.32 Å². The minimum Gasteiger partial charge on any atom is -0.406 e. The van der Waals surface area contributed by atoms with E-state index in [9.17, 15) is 13.2 Å². The number of ether oxygens (including phenoxy) is 2. The summed E-state index contributed by atoms with van der Waals surface area (Å²) in [5.41, 5.74) is 0.740. The summed E-state index contributed by atoms with van der Waals surface area (Å²) in [6.45, 7) is 3.12. The lowest BCUT2D eigenvalue weighted by Gasteiger charge is -2.17. The molecular formula is C14H20F3NO2. The van der Waals surface area contributed by atoms with E-state index in [1.54, 1.807) is 19.2 Å². The summed E-state index contributed by atoms with van der Waals surface area (Å²) in [7, 11) is 1.63. The number of halogens is 3. The van der Waals surface area contributed by atoms with Gasteiger partial charge in [-0.25, -0.2) is 0 Å². The third kappa shape index (κ3) is 6.77. The normalized spacial score (nSPS) is 13.2. The standard InChI is InChI=1S/C14H20F3NO2/c1-3-5-12(10-19-2)18-9-11-6-4-7-13(8-11)20-14(15,16)17/h4,6-8,12,18H,3,5,9-10H2,1-2H3. The lowest BCUT2D eigenvalue weighted by molar-refractivity contribution is -0.274. The number of methoxy groups -OCH3 is 1. The van der Waals surface area contributed by atoms with E-state index in [4.69, 9.17) is 4.74 Å². The highest BCUT2D eigenvalue weighted by atomic mass is 19.4. The Morgan fingerprint density at radius 2 is 2.05 bits per heavy atom. The molecule has 0 aromatic heterocycles. The molecule has 0 aliphatic heterocycles. The Balaban J connectivity index is 2.57. The Morgan fingerprint density at radius 1 is 1.30 bits per heavy atom. The first-order valence-corrected chi connectivity index (χ1v) is 6.51. The average molecular weight is 291 g/mol. The number of hydrogen-bond donors (Lipinski definition) is 1. The molecular weight excluding hydrogens is 271 g/mol. The molecule has 0 spiro atoms. The van der Waals surface area contributed by atoms with Gasteiger partial charge in [0.1, 0.15) is 5.75 Å². The van der Waals surface area contributed by atoms with Crippen molar-refractivity contribution in [2.24, 2.45) is 0 Å². The molecule has 1 aromatic carbocycles. The molecule has 0 aliphatic carbocycles. The second kappa shape index (κ2) is 8.11. The molecule has 0 saturated carbocycles. The highest BCUT2D eigenvalue weighted by Gasteiger charge is 2.31. The van der Waals surface area contributed by atoms with Gasteiger partial charge in [0.15, 0.2) is 0 Å². The topological polar surface area (TPSA) is 30.5 Å². The van der Waals surface area contributed by atoms with Crippen LogP contribution < -0.4 is 10.1 Å². The quantitative estimate of drug-likeness (QED) is 0.795. The first-order chi connectivity index (χ1) is 9.44. The Hall–Kier alpha value is -1.27. The number of hydrogen-bond acceptors (Lipinski definition) is 3. The summed E-state index contributed by atoms with van der Waals surface area (Å²) >= 11 is 0. The average Bonchev–Trinajstić information content (AvgIpc) is 2.35. The van der Waals surface area contributed by atoms with E-state index in [-0.39, 0.29) is 11.8 Å². The van der Waals surface area contributed by atoms with E-state index in [0.717, 1.165) is 18.4 Å². The second-order valence-corrected chi connectivity index (χ2v) is 4.52. The van der Waals surface area contributed by atoms with E-state index in [0.29, 0.717) is 13.2 Å². The van der Waals surface area contributed by atoms with Gasteiger partial charge in [0.2, 0.25) is 0 Å². The fraction of sp³-hybridized carbons (Fsp3) is 0.571. The molecule has 0 fully saturated rings. The minimum absolute atomic E-state index is 0.192. The fourth-order valence-electron chi connectivity index (χ4n) is 1.91. The van der Waals surface area contributed by atoms with Crippen molar-refractivity contribution < 1.29 is 22.6 Å². The highest BCUT2D eigenvalue weighted by Crippen LogP contribution is 2.23. The first kappa shape index (κ1) is 16.8. The van der Waals surface area contributed by atoms with Crippen molar-refractivity contribution >= 4 is 0 Å². The highest BCUT2D eigenvalue weighted by molar-refractivity contribution is 5.28. The van der Waals surface area contributed by atoms with Crippen molar-refractivity contribution in [2.45, 2.75) is 38.7 Å². The van der Waals surface area contributed by atoms with Crippen LogP contribution in [0.5, 0.6) is 5.75 Å². The summed E-state index contributed by atoms with van der Waals surface area (Å²) < 4.78 is 45.4. The molecule has 20 heavy (non-hydrogen) atoms. The zero-order valence-electron chi connectivity index (χ0n) is 11.7. The van der Waals surface area contributed by atoms with E-state index in [1.165, 1.54) is 12.1 Å². The molecule has 1 aromatic rings. The summed E-state index contributed by atoms with van der Waals surface area (Å²) in [5.74, 6) is -0.199. The van der Waals surface area contributed by atoms with Crippen molar-refractivity contribution in [3.63, 3.8) is 0 Å². The molecule has 0 aliphatic rings. The molecule has 6 heteroatoms. The predicted molar refractivity (Wildman–Crippen MR) is 70.5 cm³/mol. The maximum absolute atomic E-state index is 12.1. The summed E-state index contributed by atoms with van der Waals surface area (Å²) in [6.07, 6.45) is -2.70. The van der Waals surface area contributed by atoms with Crippen molar-refractivity contribution in [2.75, 3.05) is 13.7 Å². The van der Waals surface area contributed by atoms with E-state index >= 15 is 0 Å². The van der Waals surface area contributed by atoms with Gasteiger partial charge in [0.25, 0.3) is 0 Å². The van der Waals surface area contributed by atoms with Gasteiger partial charge in [-0.3, -0.25) is 0 Å². The largest absolute Gasteiger partial charge is 0.573 e. The smallest absolute Gasteiger partial charge is 0.406 e. The van der Waals surface area contributed by atoms with Crippen LogP contribution in [0, 0.1) is 0 Å². The van der Waals surface area contributed by atoms with Crippen molar-refractivity contribution in [3.05, 3.63) is 29.8 Å². The molecule has 0 bridgehead atoms. The summed E-state index contributed by atoms with van der Waals surface area (Å²) in [5, 5.41) is 3.27. The molecule has 0 radical (unpaired) electrons. The van der Waals surface area contributed by atoms with Gasteiger partial charge < -0.3 is 14.8 Å². The summed E-state index contributed by atoms with van der Waals surface area (Å²) in [6, 6.07) is 6.17. The van der Waals surface area contributed by atoms with Gasteiger partial charge in [-0.15, -0.1) is 13.2 Å². The van der Waals surface area contributed by atoms with Gasteiger partial charge in [-0.05, 0) is 24.1 Å². The Labute approximate surface area is 117 Å².